The lowest BCUT2D eigenvalue weighted by Gasteiger charge is -2.06. The summed E-state index contributed by atoms with van der Waals surface area (Å²) in [6.07, 6.45) is 0. The van der Waals surface area contributed by atoms with E-state index in [0.29, 0.717) is 23.4 Å². The van der Waals surface area contributed by atoms with Crippen LogP contribution >= 0.6 is 0 Å². The number of ketones is 1. The highest BCUT2D eigenvalue weighted by Gasteiger charge is 2.09. The third kappa shape index (κ3) is 4.66. The van der Waals surface area contributed by atoms with E-state index in [9.17, 15) is 9.59 Å². The van der Waals surface area contributed by atoms with Crippen molar-refractivity contribution in [3.8, 4) is 22.5 Å². The molecule has 3 rings (SSSR count). The molecular formula is C22H20N2O4. The van der Waals surface area contributed by atoms with Crippen molar-refractivity contribution >= 4 is 11.8 Å². The van der Waals surface area contributed by atoms with Crippen molar-refractivity contribution in [2.24, 2.45) is 0 Å². The van der Waals surface area contributed by atoms with Gasteiger partial charge in [0, 0.05) is 23.8 Å². The van der Waals surface area contributed by atoms with Gasteiger partial charge in [-0.25, -0.2) is 4.79 Å². The summed E-state index contributed by atoms with van der Waals surface area (Å²) in [4.78, 5) is 23.3. The first kappa shape index (κ1) is 19.4. The van der Waals surface area contributed by atoms with E-state index in [1.54, 1.807) is 43.5 Å². The molecule has 0 unspecified atom stereocenters. The van der Waals surface area contributed by atoms with Crippen molar-refractivity contribution in [3.05, 3.63) is 71.8 Å². The molecule has 0 aliphatic carbocycles. The second-order valence-corrected chi connectivity index (χ2v) is 6.14. The summed E-state index contributed by atoms with van der Waals surface area (Å²) in [7, 11) is 1.55. The van der Waals surface area contributed by atoms with Crippen LogP contribution in [0.3, 0.4) is 0 Å². The van der Waals surface area contributed by atoms with Crippen LogP contribution in [0.5, 0.6) is 0 Å². The second kappa shape index (κ2) is 9.01. The largest absolute Gasteiger partial charge is 0.460 e. The third-order valence-corrected chi connectivity index (χ3v) is 4.19. The Kier molecular flexibility index (Phi) is 6.24. The number of benzene rings is 2. The molecule has 0 aliphatic rings. The van der Waals surface area contributed by atoms with Crippen molar-refractivity contribution in [2.75, 3.05) is 20.3 Å². The lowest BCUT2D eigenvalue weighted by Crippen LogP contribution is -2.09. The highest BCUT2D eigenvalue weighted by molar-refractivity contribution is 5.94. The Balaban J connectivity index is 1.71. The summed E-state index contributed by atoms with van der Waals surface area (Å²) in [6.45, 7) is 2.12. The first-order valence-electron chi connectivity index (χ1n) is 8.80. The molecule has 0 atom stereocenters. The molecule has 6 heteroatoms. The molecule has 3 aromatic rings. The van der Waals surface area contributed by atoms with Crippen molar-refractivity contribution in [2.45, 2.75) is 6.92 Å². The minimum atomic E-state index is -0.390. The van der Waals surface area contributed by atoms with Gasteiger partial charge in [-0.05, 0) is 31.2 Å². The first-order chi connectivity index (χ1) is 13.6. The second-order valence-electron chi connectivity index (χ2n) is 6.14. The average Bonchev–Trinajstić information content (AvgIpc) is 2.74. The SMILES string of the molecule is COCCOC(=O)c1ccc(-c2ccc(-c3ccc(C(C)=O)cc3)nn2)cc1. The van der Waals surface area contributed by atoms with Gasteiger partial charge in [0.05, 0.1) is 23.6 Å². The fourth-order valence-electron chi connectivity index (χ4n) is 2.59. The minimum Gasteiger partial charge on any atom is -0.460 e. The number of ether oxygens (including phenoxy) is 2. The van der Waals surface area contributed by atoms with Crippen LogP contribution in [0.15, 0.2) is 60.7 Å². The van der Waals surface area contributed by atoms with E-state index in [2.05, 4.69) is 10.2 Å². The Morgan fingerprint density at radius 1 is 0.750 bits per heavy atom. The summed E-state index contributed by atoms with van der Waals surface area (Å²) in [6, 6.07) is 18.0. The molecular weight excluding hydrogens is 356 g/mol. The highest BCUT2D eigenvalue weighted by Crippen LogP contribution is 2.21. The molecule has 1 aromatic heterocycles. The van der Waals surface area contributed by atoms with Crippen molar-refractivity contribution in [1.29, 1.82) is 0 Å². The van der Waals surface area contributed by atoms with E-state index in [1.807, 2.05) is 24.3 Å². The molecule has 6 nitrogen and oxygen atoms in total. The molecule has 0 aliphatic heterocycles. The molecule has 0 N–H and O–H groups in total. The Labute approximate surface area is 163 Å². The Hall–Kier alpha value is -3.38. The summed E-state index contributed by atoms with van der Waals surface area (Å²) in [5.41, 5.74) is 4.28. The molecule has 28 heavy (non-hydrogen) atoms. The van der Waals surface area contributed by atoms with E-state index in [1.165, 1.54) is 6.92 Å². The summed E-state index contributed by atoms with van der Waals surface area (Å²) in [5.74, 6) is -0.363. The summed E-state index contributed by atoms with van der Waals surface area (Å²) < 4.78 is 9.94. The maximum atomic E-state index is 11.9. The van der Waals surface area contributed by atoms with Crippen molar-refractivity contribution in [1.82, 2.24) is 10.2 Å². The zero-order valence-electron chi connectivity index (χ0n) is 15.7. The molecule has 0 saturated heterocycles. The number of nitrogens with zero attached hydrogens (tertiary/aromatic N) is 2. The van der Waals surface area contributed by atoms with Crippen LogP contribution in [0.2, 0.25) is 0 Å². The highest BCUT2D eigenvalue weighted by atomic mass is 16.6. The summed E-state index contributed by atoms with van der Waals surface area (Å²) in [5, 5.41) is 8.54. The minimum absolute atomic E-state index is 0.0269. The third-order valence-electron chi connectivity index (χ3n) is 4.19. The van der Waals surface area contributed by atoms with Gasteiger partial charge in [0.25, 0.3) is 0 Å². The van der Waals surface area contributed by atoms with E-state index in [0.717, 1.165) is 16.8 Å². The van der Waals surface area contributed by atoms with E-state index < -0.39 is 0 Å². The normalized spacial score (nSPS) is 10.5. The zero-order chi connectivity index (χ0) is 19.9. The molecule has 0 bridgehead atoms. The number of esters is 1. The number of rotatable bonds is 7. The van der Waals surface area contributed by atoms with Crippen LogP contribution < -0.4 is 0 Å². The molecule has 1 heterocycles. The summed E-state index contributed by atoms with van der Waals surface area (Å²) >= 11 is 0. The Morgan fingerprint density at radius 2 is 1.25 bits per heavy atom. The number of Topliss-reactive ketones (excluding diaryl/α,β-unsaturated/α-hetero) is 1. The first-order valence-corrected chi connectivity index (χ1v) is 8.80. The Morgan fingerprint density at radius 3 is 1.68 bits per heavy atom. The van der Waals surface area contributed by atoms with Gasteiger partial charge in [-0.1, -0.05) is 36.4 Å². The fraction of sp³-hybridized carbons (Fsp3) is 0.182. The van der Waals surface area contributed by atoms with Crippen LogP contribution in [0, 0.1) is 0 Å². The maximum absolute atomic E-state index is 11.9. The van der Waals surface area contributed by atoms with Crippen LogP contribution in [-0.4, -0.2) is 42.3 Å². The van der Waals surface area contributed by atoms with Crippen molar-refractivity contribution < 1.29 is 19.1 Å². The zero-order valence-corrected chi connectivity index (χ0v) is 15.7. The maximum Gasteiger partial charge on any atom is 0.338 e. The van der Waals surface area contributed by atoms with E-state index in [4.69, 9.17) is 9.47 Å². The number of methoxy groups -OCH3 is 1. The van der Waals surface area contributed by atoms with E-state index in [-0.39, 0.29) is 18.4 Å². The fourth-order valence-corrected chi connectivity index (χ4v) is 2.59. The van der Waals surface area contributed by atoms with Gasteiger partial charge in [0.15, 0.2) is 5.78 Å². The lowest BCUT2D eigenvalue weighted by atomic mass is 10.1. The lowest BCUT2D eigenvalue weighted by molar-refractivity contribution is 0.0388. The Bertz CT molecular complexity index is 949. The number of hydrogen-bond donors (Lipinski definition) is 0. The van der Waals surface area contributed by atoms with E-state index >= 15 is 0 Å². The predicted octanol–water partition coefficient (Wildman–Crippen LogP) is 3.82. The number of carbonyl (C=O) groups excluding carboxylic acids is 2. The number of aromatic nitrogens is 2. The average molecular weight is 376 g/mol. The number of hydrogen-bond acceptors (Lipinski definition) is 6. The van der Waals surface area contributed by atoms with Gasteiger partial charge in [-0.15, -0.1) is 10.2 Å². The van der Waals surface area contributed by atoms with Crippen LogP contribution in [0.25, 0.3) is 22.5 Å². The van der Waals surface area contributed by atoms with Gasteiger partial charge >= 0.3 is 5.97 Å². The topological polar surface area (TPSA) is 78.4 Å². The molecule has 0 radical (unpaired) electrons. The molecule has 0 amide bonds. The monoisotopic (exact) mass is 376 g/mol. The van der Waals surface area contributed by atoms with Crippen molar-refractivity contribution in [3.63, 3.8) is 0 Å². The molecule has 0 saturated carbocycles. The van der Waals surface area contributed by atoms with Gasteiger partial charge in [-0.2, -0.15) is 0 Å². The molecule has 2 aromatic carbocycles. The van der Waals surface area contributed by atoms with Crippen LogP contribution in [-0.2, 0) is 9.47 Å². The van der Waals surface area contributed by atoms with Crippen LogP contribution in [0.1, 0.15) is 27.6 Å². The van der Waals surface area contributed by atoms with Gasteiger partial charge in [0.2, 0.25) is 0 Å². The van der Waals surface area contributed by atoms with Gasteiger partial charge in [-0.3, -0.25) is 4.79 Å². The molecule has 142 valence electrons. The predicted molar refractivity (Wildman–Crippen MR) is 105 cm³/mol. The molecule has 0 spiro atoms. The number of carbonyl (C=O) groups is 2. The molecule has 0 fully saturated rings. The van der Waals surface area contributed by atoms with Crippen LogP contribution in [0.4, 0.5) is 0 Å². The standard InChI is InChI=1S/C22H20N2O4/c1-15(25)16-3-5-17(6-4-16)20-11-12-21(24-23-20)18-7-9-19(10-8-18)22(26)28-14-13-27-2/h3-12H,13-14H2,1-2H3. The smallest absolute Gasteiger partial charge is 0.338 e. The quantitative estimate of drug-likeness (QED) is 0.354. The van der Waals surface area contributed by atoms with Gasteiger partial charge in [0.1, 0.15) is 6.61 Å². The van der Waals surface area contributed by atoms with Gasteiger partial charge < -0.3 is 9.47 Å².